The number of aromatic nitrogens is 5. The number of carbonyl (C=O) groups is 1. The molecule has 0 aliphatic heterocycles. The third-order valence-corrected chi connectivity index (χ3v) is 5.76. The van der Waals surface area contributed by atoms with Crippen LogP contribution in [-0.4, -0.2) is 49.1 Å². The SMILES string of the molecule is CN(CCc1ccccn1)C(=O)c1cnn(-c2nccc(-c3ccccc3F)n2)c1C1CC1. The lowest BCUT2D eigenvalue weighted by Crippen LogP contribution is -2.29. The van der Waals surface area contributed by atoms with Crippen molar-refractivity contribution in [3.63, 3.8) is 0 Å². The number of hydrogen-bond donors (Lipinski definition) is 0. The molecule has 0 saturated heterocycles. The second-order valence-electron chi connectivity index (χ2n) is 8.15. The number of carbonyl (C=O) groups excluding carboxylic acids is 1. The second-order valence-corrected chi connectivity index (χ2v) is 8.15. The van der Waals surface area contributed by atoms with E-state index in [-0.39, 0.29) is 17.6 Å². The number of pyridine rings is 1. The van der Waals surface area contributed by atoms with Crippen LogP contribution in [0.4, 0.5) is 4.39 Å². The molecule has 0 bridgehead atoms. The molecule has 1 aliphatic rings. The van der Waals surface area contributed by atoms with Gasteiger partial charge in [0.2, 0.25) is 0 Å². The largest absolute Gasteiger partial charge is 0.341 e. The Bertz CT molecular complexity index is 1290. The van der Waals surface area contributed by atoms with E-state index in [9.17, 15) is 9.18 Å². The van der Waals surface area contributed by atoms with Crippen LogP contribution in [0.5, 0.6) is 0 Å². The summed E-state index contributed by atoms with van der Waals surface area (Å²) in [5.74, 6) is 0.115. The van der Waals surface area contributed by atoms with E-state index in [1.807, 2.05) is 18.2 Å². The molecule has 33 heavy (non-hydrogen) atoms. The molecule has 0 N–H and O–H groups in total. The van der Waals surface area contributed by atoms with Crippen molar-refractivity contribution in [3.05, 3.63) is 89.9 Å². The Morgan fingerprint density at radius 3 is 2.67 bits per heavy atom. The Labute approximate surface area is 191 Å². The lowest BCUT2D eigenvalue weighted by molar-refractivity contribution is 0.0795. The zero-order chi connectivity index (χ0) is 22.8. The van der Waals surface area contributed by atoms with Gasteiger partial charge in [-0.15, -0.1) is 0 Å². The quantitative estimate of drug-likeness (QED) is 0.432. The lowest BCUT2D eigenvalue weighted by atomic mass is 10.1. The van der Waals surface area contributed by atoms with Crippen molar-refractivity contribution < 1.29 is 9.18 Å². The Hall–Kier alpha value is -3.94. The smallest absolute Gasteiger partial charge is 0.257 e. The number of likely N-dealkylation sites (N-methyl/N-ethyl adjacent to an activating group) is 1. The molecule has 0 unspecified atom stereocenters. The van der Waals surface area contributed by atoms with E-state index in [4.69, 9.17) is 0 Å². The van der Waals surface area contributed by atoms with Crippen LogP contribution in [-0.2, 0) is 6.42 Å². The first-order chi connectivity index (χ1) is 16.1. The standard InChI is InChI=1S/C25H23FN6O/c1-31(15-12-18-6-4-5-13-27-18)24(33)20-16-29-32(23(20)17-9-10-17)25-28-14-11-22(30-25)19-7-2-3-8-21(19)26/h2-8,11,13-14,16-17H,9-10,12,15H2,1H3. The maximum atomic E-state index is 14.3. The normalized spacial score (nSPS) is 13.2. The Balaban J connectivity index is 1.43. The summed E-state index contributed by atoms with van der Waals surface area (Å²) in [6.07, 6.45) is 7.56. The maximum Gasteiger partial charge on any atom is 0.257 e. The van der Waals surface area contributed by atoms with Gasteiger partial charge in [0, 0.05) is 49.6 Å². The minimum absolute atomic E-state index is 0.0932. The van der Waals surface area contributed by atoms with Crippen LogP contribution in [0.1, 0.15) is 40.5 Å². The summed E-state index contributed by atoms with van der Waals surface area (Å²) in [7, 11) is 1.79. The van der Waals surface area contributed by atoms with Gasteiger partial charge in [-0.2, -0.15) is 5.10 Å². The molecule has 1 fully saturated rings. The number of rotatable bonds is 7. The highest BCUT2D eigenvalue weighted by Crippen LogP contribution is 2.42. The van der Waals surface area contributed by atoms with Gasteiger partial charge in [0.1, 0.15) is 5.82 Å². The molecule has 3 aromatic heterocycles. The van der Waals surface area contributed by atoms with Gasteiger partial charge in [0.05, 0.1) is 23.1 Å². The molecule has 166 valence electrons. The topological polar surface area (TPSA) is 76.8 Å². The molecule has 5 rings (SSSR count). The average Bonchev–Trinajstić information content (AvgIpc) is 3.60. The van der Waals surface area contributed by atoms with Gasteiger partial charge >= 0.3 is 0 Å². The van der Waals surface area contributed by atoms with Gasteiger partial charge in [-0.1, -0.05) is 18.2 Å². The highest BCUT2D eigenvalue weighted by atomic mass is 19.1. The molecule has 4 aromatic rings. The van der Waals surface area contributed by atoms with Gasteiger partial charge in [0.25, 0.3) is 11.9 Å². The van der Waals surface area contributed by atoms with E-state index < -0.39 is 0 Å². The van der Waals surface area contributed by atoms with Crippen LogP contribution in [0, 0.1) is 5.82 Å². The fraction of sp³-hybridized carbons (Fsp3) is 0.240. The van der Waals surface area contributed by atoms with Gasteiger partial charge in [0.15, 0.2) is 0 Å². The molecular weight excluding hydrogens is 419 g/mol. The van der Waals surface area contributed by atoms with E-state index in [0.717, 1.165) is 24.2 Å². The molecule has 3 heterocycles. The predicted octanol–water partition coefficient (Wildman–Crippen LogP) is 4.06. The van der Waals surface area contributed by atoms with E-state index in [2.05, 4.69) is 20.1 Å². The minimum Gasteiger partial charge on any atom is -0.341 e. The third kappa shape index (κ3) is 4.37. The van der Waals surface area contributed by atoms with Crippen molar-refractivity contribution in [3.8, 4) is 17.2 Å². The van der Waals surface area contributed by atoms with Gasteiger partial charge in [-0.25, -0.2) is 19.0 Å². The zero-order valence-electron chi connectivity index (χ0n) is 18.2. The molecule has 1 aromatic carbocycles. The Kier molecular flexibility index (Phi) is 5.64. The molecule has 0 radical (unpaired) electrons. The zero-order valence-corrected chi connectivity index (χ0v) is 18.2. The van der Waals surface area contributed by atoms with E-state index in [1.54, 1.807) is 59.5 Å². The molecule has 7 nitrogen and oxygen atoms in total. The van der Waals surface area contributed by atoms with Crippen LogP contribution in [0.15, 0.2) is 67.1 Å². The summed E-state index contributed by atoms with van der Waals surface area (Å²) < 4.78 is 15.9. The lowest BCUT2D eigenvalue weighted by Gasteiger charge is -2.17. The number of amides is 1. The van der Waals surface area contributed by atoms with Crippen LogP contribution in [0.2, 0.25) is 0 Å². The summed E-state index contributed by atoms with van der Waals surface area (Å²) in [6.45, 7) is 0.546. The van der Waals surface area contributed by atoms with Crippen molar-refractivity contribution in [2.75, 3.05) is 13.6 Å². The first-order valence-corrected chi connectivity index (χ1v) is 10.9. The van der Waals surface area contributed by atoms with Gasteiger partial charge in [-0.3, -0.25) is 9.78 Å². The van der Waals surface area contributed by atoms with Crippen LogP contribution in [0.3, 0.4) is 0 Å². The molecular formula is C25H23FN6O. The van der Waals surface area contributed by atoms with Crippen LogP contribution < -0.4 is 0 Å². The molecule has 1 amide bonds. The number of benzene rings is 1. The summed E-state index contributed by atoms with van der Waals surface area (Å²) in [5.41, 5.74) is 3.17. The van der Waals surface area contributed by atoms with Crippen molar-refractivity contribution in [2.45, 2.75) is 25.2 Å². The van der Waals surface area contributed by atoms with Crippen molar-refractivity contribution in [1.82, 2.24) is 29.6 Å². The second kappa shape index (κ2) is 8.90. The molecule has 8 heteroatoms. The fourth-order valence-corrected chi connectivity index (χ4v) is 3.84. The highest BCUT2D eigenvalue weighted by Gasteiger charge is 2.34. The van der Waals surface area contributed by atoms with Gasteiger partial charge in [-0.05, 0) is 43.2 Å². The Morgan fingerprint density at radius 1 is 1.09 bits per heavy atom. The van der Waals surface area contributed by atoms with Crippen LogP contribution >= 0.6 is 0 Å². The third-order valence-electron chi connectivity index (χ3n) is 5.76. The van der Waals surface area contributed by atoms with Crippen molar-refractivity contribution >= 4 is 5.91 Å². The first kappa shape index (κ1) is 20.9. The average molecular weight is 442 g/mol. The minimum atomic E-state index is -0.351. The summed E-state index contributed by atoms with van der Waals surface area (Å²) >= 11 is 0. The number of halogens is 1. The summed E-state index contributed by atoms with van der Waals surface area (Å²) in [6, 6.07) is 13.9. The van der Waals surface area contributed by atoms with E-state index in [0.29, 0.717) is 35.7 Å². The summed E-state index contributed by atoms with van der Waals surface area (Å²) in [4.78, 5) is 28.2. The number of hydrogen-bond acceptors (Lipinski definition) is 5. The van der Waals surface area contributed by atoms with E-state index in [1.165, 1.54) is 6.07 Å². The molecule has 1 saturated carbocycles. The fourth-order valence-electron chi connectivity index (χ4n) is 3.84. The van der Waals surface area contributed by atoms with E-state index >= 15 is 0 Å². The monoisotopic (exact) mass is 442 g/mol. The van der Waals surface area contributed by atoms with Crippen molar-refractivity contribution in [2.24, 2.45) is 0 Å². The summed E-state index contributed by atoms with van der Waals surface area (Å²) in [5, 5.41) is 4.46. The highest BCUT2D eigenvalue weighted by molar-refractivity contribution is 5.95. The molecule has 0 spiro atoms. The molecule has 0 atom stereocenters. The van der Waals surface area contributed by atoms with Crippen molar-refractivity contribution in [1.29, 1.82) is 0 Å². The Morgan fingerprint density at radius 2 is 1.91 bits per heavy atom. The van der Waals surface area contributed by atoms with Crippen LogP contribution in [0.25, 0.3) is 17.2 Å². The number of nitrogens with zero attached hydrogens (tertiary/aromatic N) is 6. The first-order valence-electron chi connectivity index (χ1n) is 10.9. The molecule has 1 aliphatic carbocycles. The predicted molar refractivity (Wildman–Crippen MR) is 121 cm³/mol. The van der Waals surface area contributed by atoms with Gasteiger partial charge < -0.3 is 4.90 Å². The maximum absolute atomic E-state index is 14.3.